The van der Waals surface area contributed by atoms with Crippen LogP contribution < -0.4 is 21.9 Å². The number of amides is 1. The minimum atomic E-state index is -3.49. The maximum absolute atomic E-state index is 11.8. The van der Waals surface area contributed by atoms with Crippen molar-refractivity contribution in [3.63, 3.8) is 0 Å². The highest BCUT2D eigenvalue weighted by Crippen LogP contribution is 2.03. The van der Waals surface area contributed by atoms with Crippen molar-refractivity contribution in [3.8, 4) is 0 Å². The first-order valence-corrected chi connectivity index (χ1v) is 8.28. The van der Waals surface area contributed by atoms with Gasteiger partial charge in [0.2, 0.25) is 15.9 Å². The first kappa shape index (κ1) is 18.7. The summed E-state index contributed by atoms with van der Waals surface area (Å²) in [7, 11) is -3.49. The second-order valence-electron chi connectivity index (χ2n) is 4.55. The molecule has 1 atom stereocenters. The highest BCUT2D eigenvalue weighted by molar-refractivity contribution is 7.89. The molecule has 0 aromatic carbocycles. The lowest BCUT2D eigenvalue weighted by atomic mass is 10.1. The molecule has 0 unspecified atom stereocenters. The standard InChI is InChI=1S/C11H25N5O3S/c1-2-3-4-8-20(18,19)16-9(10(12)17)6-5-7-15-11(13)14/h9,16H,2-8H2,1H3,(H2,12,17)(H4,13,14,15)/t9-/m0/s1. The van der Waals surface area contributed by atoms with Gasteiger partial charge in [0.25, 0.3) is 0 Å². The lowest BCUT2D eigenvalue weighted by molar-refractivity contribution is -0.119. The molecule has 0 saturated heterocycles. The summed E-state index contributed by atoms with van der Waals surface area (Å²) in [5, 5.41) is 0. The summed E-state index contributed by atoms with van der Waals surface area (Å²) in [4.78, 5) is 15.0. The SMILES string of the molecule is CCCCCS(=O)(=O)N[C@@H](CCCN=C(N)N)C(N)=O. The van der Waals surface area contributed by atoms with E-state index in [1.54, 1.807) is 0 Å². The molecule has 0 aromatic rings. The van der Waals surface area contributed by atoms with Crippen molar-refractivity contribution in [1.82, 2.24) is 4.72 Å². The maximum Gasteiger partial charge on any atom is 0.235 e. The Morgan fingerprint density at radius 1 is 1.20 bits per heavy atom. The smallest absolute Gasteiger partial charge is 0.235 e. The molecule has 0 saturated carbocycles. The van der Waals surface area contributed by atoms with E-state index < -0.39 is 22.0 Å². The van der Waals surface area contributed by atoms with Crippen LogP contribution in [-0.4, -0.2) is 38.6 Å². The van der Waals surface area contributed by atoms with Crippen LogP contribution in [0.5, 0.6) is 0 Å². The summed E-state index contributed by atoms with van der Waals surface area (Å²) >= 11 is 0. The fraction of sp³-hybridized carbons (Fsp3) is 0.818. The van der Waals surface area contributed by atoms with Crippen molar-refractivity contribution in [2.45, 2.75) is 45.1 Å². The second kappa shape index (κ2) is 9.54. The number of sulfonamides is 1. The molecule has 1 amide bonds. The number of hydrogen-bond donors (Lipinski definition) is 4. The normalized spacial score (nSPS) is 12.8. The summed E-state index contributed by atoms with van der Waals surface area (Å²) in [6.45, 7) is 2.31. The monoisotopic (exact) mass is 307 g/mol. The molecule has 0 rings (SSSR count). The van der Waals surface area contributed by atoms with Gasteiger partial charge in [0.05, 0.1) is 5.75 Å². The minimum absolute atomic E-state index is 0.00147. The Kier molecular flexibility index (Phi) is 8.89. The van der Waals surface area contributed by atoms with E-state index in [2.05, 4.69) is 9.71 Å². The number of hydrogen-bond acceptors (Lipinski definition) is 4. The Bertz CT molecular complexity index is 418. The minimum Gasteiger partial charge on any atom is -0.370 e. The third kappa shape index (κ3) is 9.56. The molecule has 7 N–H and O–H groups in total. The number of guanidine groups is 1. The van der Waals surface area contributed by atoms with Gasteiger partial charge in [-0.2, -0.15) is 0 Å². The molecule has 0 radical (unpaired) electrons. The topological polar surface area (TPSA) is 154 Å². The summed E-state index contributed by atoms with van der Waals surface area (Å²) in [5.41, 5.74) is 15.5. The molecular weight excluding hydrogens is 282 g/mol. The molecule has 0 aliphatic heterocycles. The molecule has 0 aliphatic rings. The van der Waals surface area contributed by atoms with Gasteiger partial charge in [-0.3, -0.25) is 9.79 Å². The highest BCUT2D eigenvalue weighted by atomic mass is 32.2. The largest absolute Gasteiger partial charge is 0.370 e. The zero-order valence-electron chi connectivity index (χ0n) is 11.8. The average Bonchev–Trinajstić information content (AvgIpc) is 2.32. The molecule has 0 bridgehead atoms. The summed E-state index contributed by atoms with van der Waals surface area (Å²) in [6.07, 6.45) is 3.04. The lowest BCUT2D eigenvalue weighted by Crippen LogP contribution is -2.45. The number of unbranched alkanes of at least 4 members (excludes halogenated alkanes) is 2. The highest BCUT2D eigenvalue weighted by Gasteiger charge is 2.21. The van der Waals surface area contributed by atoms with E-state index in [1.807, 2.05) is 6.92 Å². The van der Waals surface area contributed by atoms with E-state index in [-0.39, 0.29) is 18.1 Å². The van der Waals surface area contributed by atoms with Gasteiger partial charge in [-0.1, -0.05) is 19.8 Å². The van der Waals surface area contributed by atoms with Gasteiger partial charge in [-0.25, -0.2) is 13.1 Å². The van der Waals surface area contributed by atoms with Crippen molar-refractivity contribution >= 4 is 21.9 Å². The van der Waals surface area contributed by atoms with Crippen LogP contribution in [0.1, 0.15) is 39.0 Å². The molecule has 8 nitrogen and oxygen atoms in total. The molecular formula is C11H25N5O3S. The number of aliphatic imine (C=N–C) groups is 1. The molecule has 9 heteroatoms. The third-order valence-corrected chi connectivity index (χ3v) is 4.10. The van der Waals surface area contributed by atoms with Gasteiger partial charge in [0.1, 0.15) is 6.04 Å². The van der Waals surface area contributed by atoms with E-state index in [0.717, 1.165) is 12.8 Å². The van der Waals surface area contributed by atoms with E-state index in [9.17, 15) is 13.2 Å². The van der Waals surface area contributed by atoms with E-state index >= 15 is 0 Å². The van der Waals surface area contributed by atoms with Gasteiger partial charge in [-0.05, 0) is 19.3 Å². The fourth-order valence-electron chi connectivity index (χ4n) is 1.58. The lowest BCUT2D eigenvalue weighted by Gasteiger charge is -2.15. The van der Waals surface area contributed by atoms with Crippen molar-refractivity contribution in [1.29, 1.82) is 0 Å². The number of primary amides is 1. The van der Waals surface area contributed by atoms with Crippen LogP contribution in [0.2, 0.25) is 0 Å². The van der Waals surface area contributed by atoms with Gasteiger partial charge in [-0.15, -0.1) is 0 Å². The number of carbonyl (C=O) groups excluding carboxylic acids is 1. The van der Waals surface area contributed by atoms with Crippen LogP contribution >= 0.6 is 0 Å². The summed E-state index contributed by atoms with van der Waals surface area (Å²) < 4.78 is 25.9. The Balaban J connectivity index is 4.32. The quantitative estimate of drug-likeness (QED) is 0.219. The van der Waals surface area contributed by atoms with E-state index in [0.29, 0.717) is 19.4 Å². The molecule has 0 heterocycles. The summed E-state index contributed by atoms with van der Waals surface area (Å²) in [5.74, 6) is -0.743. The number of carbonyl (C=O) groups is 1. The Hall–Kier alpha value is -1.35. The predicted octanol–water partition coefficient (Wildman–Crippen LogP) is -0.996. The fourth-order valence-corrected chi connectivity index (χ4v) is 2.95. The van der Waals surface area contributed by atoms with Crippen molar-refractivity contribution in [3.05, 3.63) is 0 Å². The van der Waals surface area contributed by atoms with Crippen molar-refractivity contribution < 1.29 is 13.2 Å². The van der Waals surface area contributed by atoms with Crippen LogP contribution in [0, 0.1) is 0 Å². The maximum atomic E-state index is 11.8. The first-order valence-electron chi connectivity index (χ1n) is 6.63. The number of nitrogens with two attached hydrogens (primary N) is 3. The first-order chi connectivity index (χ1) is 9.28. The van der Waals surface area contributed by atoms with Crippen molar-refractivity contribution in [2.24, 2.45) is 22.2 Å². The Morgan fingerprint density at radius 3 is 2.35 bits per heavy atom. The average molecular weight is 307 g/mol. The van der Waals surface area contributed by atoms with Gasteiger partial charge in [0, 0.05) is 6.54 Å². The van der Waals surface area contributed by atoms with Crippen molar-refractivity contribution in [2.75, 3.05) is 12.3 Å². The predicted molar refractivity (Wildman–Crippen MR) is 79.3 cm³/mol. The molecule has 118 valence electrons. The molecule has 20 heavy (non-hydrogen) atoms. The summed E-state index contributed by atoms with van der Waals surface area (Å²) in [6, 6.07) is -0.921. The van der Waals surface area contributed by atoms with E-state index in [4.69, 9.17) is 17.2 Å². The Labute approximate surface area is 120 Å². The van der Waals surface area contributed by atoms with Crippen LogP contribution in [0.3, 0.4) is 0 Å². The van der Waals surface area contributed by atoms with Crippen LogP contribution in [0.25, 0.3) is 0 Å². The van der Waals surface area contributed by atoms with Crippen LogP contribution in [0.15, 0.2) is 4.99 Å². The second-order valence-corrected chi connectivity index (χ2v) is 6.42. The van der Waals surface area contributed by atoms with Gasteiger partial charge in [0.15, 0.2) is 5.96 Å². The van der Waals surface area contributed by atoms with Crippen LogP contribution in [0.4, 0.5) is 0 Å². The molecule has 0 fully saturated rings. The Morgan fingerprint density at radius 2 is 1.85 bits per heavy atom. The number of nitrogens with zero attached hydrogens (tertiary/aromatic N) is 1. The van der Waals surface area contributed by atoms with E-state index in [1.165, 1.54) is 0 Å². The third-order valence-electron chi connectivity index (χ3n) is 2.63. The molecule has 0 aromatic heterocycles. The van der Waals surface area contributed by atoms with Gasteiger partial charge < -0.3 is 17.2 Å². The number of rotatable bonds is 11. The molecule has 0 aliphatic carbocycles. The number of nitrogens with one attached hydrogen (secondary N) is 1. The zero-order valence-corrected chi connectivity index (χ0v) is 12.7. The molecule has 0 spiro atoms. The van der Waals surface area contributed by atoms with Crippen LogP contribution in [-0.2, 0) is 14.8 Å². The zero-order chi connectivity index (χ0) is 15.6. The van der Waals surface area contributed by atoms with Gasteiger partial charge >= 0.3 is 0 Å².